The fourth-order valence-electron chi connectivity index (χ4n) is 2.49. The van der Waals surface area contributed by atoms with Crippen molar-refractivity contribution in [2.75, 3.05) is 7.05 Å². The minimum Gasteiger partial charge on any atom is -0.457 e. The molecule has 0 bridgehead atoms. The number of thiocarbonyl (C=S) groups is 1. The number of benzene rings is 1. The largest absolute Gasteiger partial charge is 0.457 e. The summed E-state index contributed by atoms with van der Waals surface area (Å²) in [5, 5.41) is 5.26. The SMILES string of the molecule is CNC(=O)/C(=C/c1ccc(-c2ccc3c(c2)COC3=O)nc1)NC=S. The Kier molecular flexibility index (Phi) is 4.85. The van der Waals surface area contributed by atoms with E-state index < -0.39 is 0 Å². The van der Waals surface area contributed by atoms with E-state index in [1.807, 2.05) is 24.3 Å². The van der Waals surface area contributed by atoms with Crippen molar-refractivity contribution < 1.29 is 14.3 Å². The normalized spacial score (nSPS) is 13.0. The molecule has 0 saturated carbocycles. The van der Waals surface area contributed by atoms with Crippen LogP contribution in [0.5, 0.6) is 0 Å². The van der Waals surface area contributed by atoms with Gasteiger partial charge in [-0.05, 0) is 29.8 Å². The topological polar surface area (TPSA) is 80.3 Å². The van der Waals surface area contributed by atoms with Gasteiger partial charge in [-0.25, -0.2) is 4.79 Å². The molecule has 126 valence electrons. The van der Waals surface area contributed by atoms with Crippen molar-refractivity contribution in [3.05, 3.63) is 58.9 Å². The zero-order valence-electron chi connectivity index (χ0n) is 13.4. The van der Waals surface area contributed by atoms with Gasteiger partial charge in [0.2, 0.25) is 0 Å². The van der Waals surface area contributed by atoms with Crippen LogP contribution in [-0.4, -0.2) is 29.4 Å². The molecular formula is C18H15N3O3S. The highest BCUT2D eigenvalue weighted by Crippen LogP contribution is 2.26. The van der Waals surface area contributed by atoms with E-state index in [-0.39, 0.29) is 11.9 Å². The lowest BCUT2D eigenvalue weighted by atomic mass is 10.0. The third-order valence-electron chi connectivity index (χ3n) is 3.76. The predicted octanol–water partition coefficient (Wildman–Crippen LogP) is 2.05. The number of nitrogens with zero attached hydrogens (tertiary/aromatic N) is 1. The molecule has 0 saturated heterocycles. The summed E-state index contributed by atoms with van der Waals surface area (Å²) in [4.78, 5) is 27.7. The highest BCUT2D eigenvalue weighted by atomic mass is 32.1. The first kappa shape index (κ1) is 16.8. The summed E-state index contributed by atoms with van der Waals surface area (Å²) in [6, 6.07) is 9.20. The fraction of sp³-hybridized carbons (Fsp3) is 0.111. The van der Waals surface area contributed by atoms with Gasteiger partial charge >= 0.3 is 5.97 Å². The van der Waals surface area contributed by atoms with Crippen molar-refractivity contribution in [3.63, 3.8) is 0 Å². The Morgan fingerprint density at radius 3 is 2.84 bits per heavy atom. The van der Waals surface area contributed by atoms with Gasteiger partial charge in [-0.2, -0.15) is 0 Å². The van der Waals surface area contributed by atoms with Crippen molar-refractivity contribution in [3.8, 4) is 11.3 Å². The summed E-state index contributed by atoms with van der Waals surface area (Å²) in [5.41, 5.74) is 5.49. The maximum absolute atomic E-state index is 11.8. The molecule has 0 unspecified atom stereocenters. The number of fused-ring (bicyclic) bond motifs is 1. The monoisotopic (exact) mass is 353 g/mol. The smallest absolute Gasteiger partial charge is 0.338 e. The van der Waals surface area contributed by atoms with Gasteiger partial charge in [-0.3, -0.25) is 9.78 Å². The van der Waals surface area contributed by atoms with Crippen LogP contribution < -0.4 is 10.6 Å². The minimum atomic E-state index is -0.289. The minimum absolute atomic E-state index is 0.270. The summed E-state index contributed by atoms with van der Waals surface area (Å²) in [6.07, 6.45) is 3.33. The second-order valence-corrected chi connectivity index (χ2v) is 5.56. The highest BCUT2D eigenvalue weighted by molar-refractivity contribution is 7.78. The Morgan fingerprint density at radius 1 is 1.32 bits per heavy atom. The van der Waals surface area contributed by atoms with Crippen molar-refractivity contribution in [2.45, 2.75) is 6.61 Å². The molecule has 1 aromatic heterocycles. The van der Waals surface area contributed by atoms with Crippen LogP contribution in [0.15, 0.2) is 42.2 Å². The van der Waals surface area contributed by atoms with Gasteiger partial charge in [0.05, 0.1) is 16.7 Å². The van der Waals surface area contributed by atoms with Gasteiger partial charge in [0.1, 0.15) is 12.3 Å². The number of cyclic esters (lactones) is 1. The molecule has 0 fully saturated rings. The molecular weight excluding hydrogens is 338 g/mol. The van der Waals surface area contributed by atoms with Gasteiger partial charge in [0, 0.05) is 24.4 Å². The van der Waals surface area contributed by atoms with Crippen LogP contribution in [0.1, 0.15) is 21.5 Å². The third kappa shape index (κ3) is 3.56. The van der Waals surface area contributed by atoms with Crippen LogP contribution in [0, 0.1) is 0 Å². The average molecular weight is 353 g/mol. The second kappa shape index (κ2) is 7.23. The molecule has 1 aromatic carbocycles. The molecule has 1 aliphatic rings. The fourth-order valence-corrected chi connectivity index (χ4v) is 2.62. The third-order valence-corrected chi connectivity index (χ3v) is 3.88. The number of carbonyl (C=O) groups excluding carboxylic acids is 2. The quantitative estimate of drug-likeness (QED) is 0.487. The maximum atomic E-state index is 11.8. The van der Waals surface area contributed by atoms with E-state index in [2.05, 4.69) is 15.6 Å². The van der Waals surface area contributed by atoms with E-state index in [1.54, 1.807) is 25.4 Å². The Labute approximate surface area is 149 Å². The van der Waals surface area contributed by atoms with Gasteiger partial charge < -0.3 is 15.4 Å². The number of carbonyl (C=O) groups is 2. The van der Waals surface area contributed by atoms with Crippen LogP contribution in [0.2, 0.25) is 0 Å². The van der Waals surface area contributed by atoms with E-state index in [0.717, 1.165) is 22.4 Å². The Bertz CT molecular complexity index is 876. The van der Waals surface area contributed by atoms with Crippen molar-refractivity contribution in [1.29, 1.82) is 0 Å². The molecule has 2 N–H and O–H groups in total. The zero-order chi connectivity index (χ0) is 17.8. The standard InChI is InChI=1S/C18H15N3O3S/c1-19-17(22)16(21-10-25)6-11-2-5-15(20-8-11)12-3-4-14-13(7-12)9-24-18(14)23/h2-8,10H,9H2,1H3,(H,19,22)(H,21,25)/b16-6-. The number of pyridine rings is 1. The summed E-state index contributed by atoms with van der Waals surface area (Å²) in [6.45, 7) is 0.293. The molecule has 7 heteroatoms. The molecule has 2 aromatic rings. The lowest BCUT2D eigenvalue weighted by molar-refractivity contribution is -0.117. The molecule has 25 heavy (non-hydrogen) atoms. The van der Waals surface area contributed by atoms with Gasteiger partial charge in [0.15, 0.2) is 0 Å². The Hall–Kier alpha value is -3.06. The van der Waals surface area contributed by atoms with Crippen LogP contribution >= 0.6 is 12.2 Å². The summed E-state index contributed by atoms with van der Waals surface area (Å²) >= 11 is 4.74. The molecule has 0 aliphatic carbocycles. The number of hydrogen-bond donors (Lipinski definition) is 2. The summed E-state index contributed by atoms with van der Waals surface area (Å²) in [5.74, 6) is -0.559. The number of esters is 1. The van der Waals surface area contributed by atoms with Crippen LogP contribution in [0.25, 0.3) is 17.3 Å². The lowest BCUT2D eigenvalue weighted by Gasteiger charge is -2.06. The number of nitrogens with one attached hydrogen (secondary N) is 2. The number of likely N-dealkylation sites (N-methyl/N-ethyl adjacent to an activating group) is 1. The van der Waals surface area contributed by atoms with E-state index in [1.165, 1.54) is 5.49 Å². The van der Waals surface area contributed by atoms with Crippen molar-refractivity contribution in [2.24, 2.45) is 0 Å². The number of aromatic nitrogens is 1. The van der Waals surface area contributed by atoms with Crippen LogP contribution in [-0.2, 0) is 16.1 Å². The zero-order valence-corrected chi connectivity index (χ0v) is 14.2. The second-order valence-electron chi connectivity index (χ2n) is 5.32. The summed E-state index contributed by atoms with van der Waals surface area (Å²) in [7, 11) is 1.55. The molecule has 0 radical (unpaired) electrons. The predicted molar refractivity (Wildman–Crippen MR) is 97.6 cm³/mol. The molecule has 2 heterocycles. The maximum Gasteiger partial charge on any atom is 0.338 e. The first-order chi connectivity index (χ1) is 12.1. The highest BCUT2D eigenvalue weighted by Gasteiger charge is 2.21. The van der Waals surface area contributed by atoms with Gasteiger partial charge in [-0.1, -0.05) is 24.4 Å². The molecule has 0 atom stereocenters. The van der Waals surface area contributed by atoms with E-state index in [0.29, 0.717) is 17.9 Å². The van der Waals surface area contributed by atoms with E-state index in [9.17, 15) is 9.59 Å². The lowest BCUT2D eigenvalue weighted by Crippen LogP contribution is -2.27. The van der Waals surface area contributed by atoms with Crippen molar-refractivity contribution >= 4 is 35.7 Å². The molecule has 3 rings (SSSR count). The average Bonchev–Trinajstić information content (AvgIpc) is 3.01. The van der Waals surface area contributed by atoms with Gasteiger partial charge in [-0.15, -0.1) is 0 Å². The number of ether oxygens (including phenoxy) is 1. The molecule has 1 aliphatic heterocycles. The number of rotatable bonds is 5. The van der Waals surface area contributed by atoms with E-state index >= 15 is 0 Å². The molecule has 1 amide bonds. The Balaban J connectivity index is 1.86. The number of amides is 1. The molecule has 6 nitrogen and oxygen atoms in total. The summed E-state index contributed by atoms with van der Waals surface area (Å²) < 4.78 is 5.01. The first-order valence-electron chi connectivity index (χ1n) is 7.53. The van der Waals surface area contributed by atoms with Crippen LogP contribution in [0.4, 0.5) is 0 Å². The van der Waals surface area contributed by atoms with E-state index in [4.69, 9.17) is 17.0 Å². The van der Waals surface area contributed by atoms with Crippen LogP contribution in [0.3, 0.4) is 0 Å². The van der Waals surface area contributed by atoms with Gasteiger partial charge in [0.25, 0.3) is 5.91 Å². The number of hydrogen-bond acceptors (Lipinski definition) is 5. The Morgan fingerprint density at radius 2 is 2.16 bits per heavy atom. The molecule has 0 spiro atoms. The first-order valence-corrected chi connectivity index (χ1v) is 8.00. The van der Waals surface area contributed by atoms with Crippen molar-refractivity contribution in [1.82, 2.24) is 15.6 Å².